The lowest BCUT2D eigenvalue weighted by Gasteiger charge is -2.20. The number of benzene rings is 1. The van der Waals surface area contributed by atoms with Gasteiger partial charge < -0.3 is 10.2 Å². The summed E-state index contributed by atoms with van der Waals surface area (Å²) >= 11 is 6.39. The van der Waals surface area contributed by atoms with E-state index in [0.717, 1.165) is 23.9 Å². The maximum Gasteiger partial charge on any atom is 0.417 e. The number of alkyl halides is 3. The minimum atomic E-state index is -4.65. The van der Waals surface area contributed by atoms with Gasteiger partial charge in [0.1, 0.15) is 6.10 Å². The number of rotatable bonds is 4. The van der Waals surface area contributed by atoms with Gasteiger partial charge in [-0.1, -0.05) is 35.5 Å². The predicted octanol–water partition coefficient (Wildman–Crippen LogP) is 3.03. The molecule has 0 saturated heterocycles. The number of aliphatic hydroxyl groups excluding tert-OH is 2. The molecule has 2 N–H and O–H groups in total. The van der Waals surface area contributed by atoms with E-state index in [4.69, 9.17) is 11.6 Å². The molecule has 20 heavy (non-hydrogen) atoms. The van der Waals surface area contributed by atoms with Gasteiger partial charge in [-0.2, -0.15) is 13.2 Å². The Kier molecular flexibility index (Phi) is 5.88. The molecule has 8 heteroatoms. The molecule has 0 amide bonds. The minimum Gasteiger partial charge on any atom is -0.389 e. The maximum absolute atomic E-state index is 12.7. The highest BCUT2D eigenvalue weighted by Crippen LogP contribution is 2.38. The average molecular weight is 329 g/mol. The van der Waals surface area contributed by atoms with Crippen molar-refractivity contribution in [1.29, 1.82) is 0 Å². The van der Waals surface area contributed by atoms with Crippen molar-refractivity contribution in [3.8, 4) is 0 Å². The van der Waals surface area contributed by atoms with E-state index in [1.807, 2.05) is 0 Å². The van der Waals surface area contributed by atoms with Crippen molar-refractivity contribution in [2.75, 3.05) is 5.75 Å². The van der Waals surface area contributed by atoms with Gasteiger partial charge >= 0.3 is 6.18 Å². The number of carbonyl (C=O) groups excluding carboxylic acids is 1. The van der Waals surface area contributed by atoms with Crippen LogP contribution in [0.25, 0.3) is 0 Å². The lowest BCUT2D eigenvalue weighted by atomic mass is 10.0. The van der Waals surface area contributed by atoms with Gasteiger partial charge in [0.05, 0.1) is 16.7 Å². The molecule has 2 atom stereocenters. The molecule has 0 heterocycles. The minimum absolute atomic E-state index is 0.136. The molecule has 0 aliphatic rings. The molecule has 3 nitrogen and oxygen atoms in total. The number of hydrogen-bond acceptors (Lipinski definition) is 4. The number of halogens is 4. The third-order valence-corrected chi connectivity index (χ3v) is 3.81. The van der Waals surface area contributed by atoms with Crippen molar-refractivity contribution in [3.05, 3.63) is 34.3 Å². The maximum atomic E-state index is 12.7. The first-order chi connectivity index (χ1) is 9.14. The highest BCUT2D eigenvalue weighted by molar-refractivity contribution is 8.13. The summed E-state index contributed by atoms with van der Waals surface area (Å²) in [6, 6.07) is 3.08. The van der Waals surface area contributed by atoms with Gasteiger partial charge in [-0.15, -0.1) is 0 Å². The first kappa shape index (κ1) is 17.3. The summed E-state index contributed by atoms with van der Waals surface area (Å²) in [5.41, 5.74) is -1.31. The zero-order valence-electron chi connectivity index (χ0n) is 10.3. The van der Waals surface area contributed by atoms with E-state index in [1.54, 1.807) is 0 Å². The Balaban J connectivity index is 2.99. The smallest absolute Gasteiger partial charge is 0.389 e. The number of thioether (sulfide) groups is 1. The third-order valence-electron chi connectivity index (χ3n) is 2.47. The van der Waals surface area contributed by atoms with Crippen molar-refractivity contribution in [2.45, 2.75) is 25.3 Å². The van der Waals surface area contributed by atoms with Crippen molar-refractivity contribution in [3.63, 3.8) is 0 Å². The summed E-state index contributed by atoms with van der Waals surface area (Å²) in [5.74, 6) is -0.136. The molecule has 0 fully saturated rings. The Hall–Kier alpha value is -0.760. The lowest BCUT2D eigenvalue weighted by molar-refractivity contribution is -0.137. The van der Waals surface area contributed by atoms with Crippen LogP contribution in [-0.2, 0) is 11.0 Å². The second kappa shape index (κ2) is 6.80. The van der Waals surface area contributed by atoms with Gasteiger partial charge in [0.2, 0.25) is 0 Å². The van der Waals surface area contributed by atoms with E-state index in [2.05, 4.69) is 0 Å². The van der Waals surface area contributed by atoms with Crippen LogP contribution in [-0.4, -0.2) is 27.2 Å². The largest absolute Gasteiger partial charge is 0.417 e. The molecule has 112 valence electrons. The Morgan fingerprint density at radius 1 is 1.40 bits per heavy atom. The van der Waals surface area contributed by atoms with E-state index < -0.39 is 29.0 Å². The van der Waals surface area contributed by atoms with Crippen LogP contribution in [0.2, 0.25) is 5.02 Å². The first-order valence-corrected chi connectivity index (χ1v) is 6.86. The monoisotopic (exact) mass is 328 g/mol. The second-order valence-corrected chi connectivity index (χ2v) is 5.60. The molecule has 0 saturated carbocycles. The average Bonchev–Trinajstić information content (AvgIpc) is 2.33. The van der Waals surface area contributed by atoms with Gasteiger partial charge in [0.15, 0.2) is 5.12 Å². The van der Waals surface area contributed by atoms with E-state index in [-0.39, 0.29) is 16.4 Å². The van der Waals surface area contributed by atoms with Crippen LogP contribution in [0, 0.1) is 0 Å². The second-order valence-electron chi connectivity index (χ2n) is 4.02. The highest BCUT2D eigenvalue weighted by Gasteiger charge is 2.35. The van der Waals surface area contributed by atoms with Crippen molar-refractivity contribution in [1.82, 2.24) is 0 Å². The fourth-order valence-corrected chi connectivity index (χ4v) is 2.43. The molecule has 1 aromatic rings. The van der Waals surface area contributed by atoms with Crippen LogP contribution in [0.1, 0.15) is 24.2 Å². The Labute approximate surface area is 122 Å². The number of aliphatic hydroxyl groups is 2. The van der Waals surface area contributed by atoms with Crippen LogP contribution in [0.5, 0.6) is 0 Å². The van der Waals surface area contributed by atoms with Crippen LogP contribution < -0.4 is 0 Å². The molecule has 0 bridgehead atoms. The molecule has 0 aliphatic heterocycles. The molecular weight excluding hydrogens is 317 g/mol. The summed E-state index contributed by atoms with van der Waals surface area (Å²) in [6.07, 6.45) is -7.65. The van der Waals surface area contributed by atoms with Crippen LogP contribution in [0.4, 0.5) is 13.2 Å². The molecule has 2 unspecified atom stereocenters. The fraction of sp³-hybridized carbons (Fsp3) is 0.417. The summed E-state index contributed by atoms with van der Waals surface area (Å²) in [7, 11) is 0. The fourth-order valence-electron chi connectivity index (χ4n) is 1.50. The van der Waals surface area contributed by atoms with Gasteiger partial charge in [-0.05, 0) is 6.07 Å². The Bertz CT molecular complexity index is 493. The van der Waals surface area contributed by atoms with Gasteiger partial charge in [0, 0.05) is 18.2 Å². The van der Waals surface area contributed by atoms with E-state index in [1.165, 1.54) is 13.0 Å². The van der Waals surface area contributed by atoms with Crippen LogP contribution in [0.3, 0.4) is 0 Å². The molecule has 0 spiro atoms. The standard InChI is InChI=1S/C12H12ClF3O3S/c1-6(17)20-5-9(18)11(19)7-3-2-4-8(10(7)13)12(14,15)16/h2-4,9,11,18-19H,5H2,1H3. The van der Waals surface area contributed by atoms with E-state index >= 15 is 0 Å². The van der Waals surface area contributed by atoms with E-state index in [0.29, 0.717) is 0 Å². The normalized spacial score (nSPS) is 14.9. The molecule has 1 aromatic carbocycles. The first-order valence-electron chi connectivity index (χ1n) is 5.49. The topological polar surface area (TPSA) is 57.5 Å². The van der Waals surface area contributed by atoms with Gasteiger partial charge in [-0.25, -0.2) is 0 Å². The summed E-state index contributed by atoms with van der Waals surface area (Å²) < 4.78 is 38.0. The molecule has 0 aromatic heterocycles. The number of carbonyl (C=O) groups is 1. The quantitative estimate of drug-likeness (QED) is 0.892. The van der Waals surface area contributed by atoms with Crippen molar-refractivity contribution >= 4 is 28.5 Å². The molecule has 0 aliphatic carbocycles. The third kappa shape index (κ3) is 4.37. The highest BCUT2D eigenvalue weighted by atomic mass is 35.5. The van der Waals surface area contributed by atoms with Crippen molar-refractivity contribution < 1.29 is 28.2 Å². The van der Waals surface area contributed by atoms with Crippen LogP contribution >= 0.6 is 23.4 Å². The van der Waals surface area contributed by atoms with E-state index in [9.17, 15) is 28.2 Å². The zero-order chi connectivity index (χ0) is 15.5. The summed E-state index contributed by atoms with van der Waals surface area (Å²) in [5, 5.41) is 18.6. The lowest BCUT2D eigenvalue weighted by Crippen LogP contribution is -2.22. The predicted molar refractivity (Wildman–Crippen MR) is 70.6 cm³/mol. The van der Waals surface area contributed by atoms with Crippen molar-refractivity contribution in [2.24, 2.45) is 0 Å². The summed E-state index contributed by atoms with van der Waals surface area (Å²) in [4.78, 5) is 10.8. The molecular formula is C12H12ClF3O3S. The van der Waals surface area contributed by atoms with Gasteiger partial charge in [0.25, 0.3) is 0 Å². The summed E-state index contributed by atoms with van der Waals surface area (Å²) in [6.45, 7) is 1.28. The SMILES string of the molecule is CC(=O)SCC(O)C(O)c1cccc(C(F)(F)F)c1Cl. The Morgan fingerprint density at radius 3 is 2.50 bits per heavy atom. The Morgan fingerprint density at radius 2 is 2.00 bits per heavy atom. The number of hydrogen-bond donors (Lipinski definition) is 2. The van der Waals surface area contributed by atoms with Gasteiger partial charge in [-0.3, -0.25) is 4.79 Å². The molecule has 1 rings (SSSR count). The molecule has 0 radical (unpaired) electrons. The zero-order valence-corrected chi connectivity index (χ0v) is 11.9. The van der Waals surface area contributed by atoms with Crippen LogP contribution in [0.15, 0.2) is 18.2 Å².